The molecule has 0 aliphatic rings. The number of phenols is 1. The molecule has 110 valence electrons. The van der Waals surface area contributed by atoms with Gasteiger partial charge in [-0.2, -0.15) is 0 Å². The maximum absolute atomic E-state index is 12.0. The number of benzene rings is 2. The average molecular weight is 286 g/mol. The number of rotatable bonds is 5. The summed E-state index contributed by atoms with van der Waals surface area (Å²) in [6.07, 6.45) is 0. The Bertz CT molecular complexity index is 611. The van der Waals surface area contributed by atoms with Crippen LogP contribution in [-0.2, 0) is 0 Å². The fourth-order valence-corrected chi connectivity index (χ4v) is 1.94. The van der Waals surface area contributed by atoms with Crippen molar-refractivity contribution in [1.82, 2.24) is 0 Å². The van der Waals surface area contributed by atoms with Crippen molar-refractivity contribution in [3.8, 4) is 5.75 Å². The zero-order chi connectivity index (χ0) is 15.2. The minimum atomic E-state index is -0.357. The van der Waals surface area contributed by atoms with E-state index < -0.39 is 0 Å². The molecule has 0 heterocycles. The number of nitrogens with one attached hydrogen (secondary N) is 1. The molecular weight excluding hydrogens is 268 g/mol. The van der Waals surface area contributed by atoms with E-state index in [-0.39, 0.29) is 23.8 Å². The van der Waals surface area contributed by atoms with E-state index in [0.29, 0.717) is 12.2 Å². The molecule has 5 nitrogen and oxygen atoms in total. The Hall–Kier alpha value is -2.53. The third-order valence-electron chi connectivity index (χ3n) is 3.15. The molecule has 2 aromatic rings. The lowest BCUT2D eigenvalue weighted by Crippen LogP contribution is -2.21. The summed E-state index contributed by atoms with van der Waals surface area (Å²) < 4.78 is 0. The number of carbonyl (C=O) groups is 1. The molecular formula is C16H18N2O3. The van der Waals surface area contributed by atoms with E-state index in [0.717, 1.165) is 5.69 Å². The van der Waals surface area contributed by atoms with Crippen LogP contribution in [0.1, 0.15) is 10.4 Å². The molecule has 0 saturated carbocycles. The number of nitrogens with zero attached hydrogens (tertiary/aromatic N) is 1. The Morgan fingerprint density at radius 1 is 1.14 bits per heavy atom. The van der Waals surface area contributed by atoms with Crippen LogP contribution < -0.4 is 10.2 Å². The third kappa shape index (κ3) is 3.73. The molecule has 0 bridgehead atoms. The van der Waals surface area contributed by atoms with E-state index in [2.05, 4.69) is 5.32 Å². The molecule has 0 unspecified atom stereocenters. The highest BCUT2D eigenvalue weighted by Crippen LogP contribution is 2.20. The number of aliphatic hydroxyl groups excluding tert-OH is 1. The number of aromatic hydroxyl groups is 1. The molecule has 0 aliphatic heterocycles. The molecule has 0 radical (unpaired) electrons. The van der Waals surface area contributed by atoms with Gasteiger partial charge >= 0.3 is 0 Å². The van der Waals surface area contributed by atoms with E-state index in [1.165, 1.54) is 6.07 Å². The first kappa shape index (κ1) is 14.9. The number of carbonyl (C=O) groups excluding carboxylic acids is 1. The number of aliphatic hydroxyl groups is 1. The number of amides is 1. The van der Waals surface area contributed by atoms with Gasteiger partial charge in [0.2, 0.25) is 0 Å². The molecule has 0 aromatic heterocycles. The van der Waals surface area contributed by atoms with Gasteiger partial charge in [0.25, 0.3) is 5.91 Å². The van der Waals surface area contributed by atoms with Crippen LogP contribution >= 0.6 is 0 Å². The van der Waals surface area contributed by atoms with Gasteiger partial charge in [-0.3, -0.25) is 4.79 Å². The first-order valence-electron chi connectivity index (χ1n) is 6.63. The minimum Gasteiger partial charge on any atom is -0.507 e. The first-order chi connectivity index (χ1) is 10.1. The summed E-state index contributed by atoms with van der Waals surface area (Å²) in [5.41, 5.74) is 1.83. The number of para-hydroxylation sites is 1. The molecule has 0 spiro atoms. The van der Waals surface area contributed by atoms with Gasteiger partial charge in [0.1, 0.15) is 5.75 Å². The highest BCUT2D eigenvalue weighted by molar-refractivity contribution is 6.06. The average Bonchev–Trinajstić information content (AvgIpc) is 2.48. The van der Waals surface area contributed by atoms with Gasteiger partial charge in [-0.25, -0.2) is 0 Å². The Balaban J connectivity index is 2.07. The quantitative estimate of drug-likeness (QED) is 0.787. The van der Waals surface area contributed by atoms with Crippen LogP contribution in [0, 0.1) is 0 Å². The van der Waals surface area contributed by atoms with E-state index in [4.69, 9.17) is 5.11 Å². The fraction of sp³-hybridized carbons (Fsp3) is 0.188. The van der Waals surface area contributed by atoms with Crippen molar-refractivity contribution in [1.29, 1.82) is 0 Å². The summed E-state index contributed by atoms with van der Waals surface area (Å²) in [5, 5.41) is 21.3. The molecule has 1 amide bonds. The molecule has 0 atom stereocenters. The summed E-state index contributed by atoms with van der Waals surface area (Å²) >= 11 is 0. The summed E-state index contributed by atoms with van der Waals surface area (Å²) in [5.74, 6) is -0.404. The lowest BCUT2D eigenvalue weighted by molar-refractivity contribution is 0.102. The number of likely N-dealkylation sites (N-methyl/N-ethyl adjacent to an activating group) is 1. The second-order valence-corrected chi connectivity index (χ2v) is 4.66. The standard InChI is InChI=1S/C16H18N2O3/c1-18(10-11-19)13-8-6-12(7-9-13)17-16(21)14-4-2-3-5-15(14)20/h2-9,19-20H,10-11H2,1H3,(H,17,21). The maximum atomic E-state index is 12.0. The molecule has 0 aliphatic carbocycles. The third-order valence-corrected chi connectivity index (χ3v) is 3.15. The molecule has 0 saturated heterocycles. The van der Waals surface area contributed by atoms with Crippen LogP contribution in [0.5, 0.6) is 5.75 Å². The normalized spacial score (nSPS) is 10.2. The van der Waals surface area contributed by atoms with Crippen molar-refractivity contribution in [3.63, 3.8) is 0 Å². The topological polar surface area (TPSA) is 72.8 Å². The maximum Gasteiger partial charge on any atom is 0.259 e. The van der Waals surface area contributed by atoms with Gasteiger partial charge in [0, 0.05) is 25.0 Å². The fourth-order valence-electron chi connectivity index (χ4n) is 1.94. The molecule has 2 aromatic carbocycles. The van der Waals surface area contributed by atoms with Crippen LogP contribution in [0.25, 0.3) is 0 Å². The Morgan fingerprint density at radius 2 is 1.81 bits per heavy atom. The van der Waals surface area contributed by atoms with E-state index in [1.54, 1.807) is 30.3 Å². The lowest BCUT2D eigenvalue weighted by Gasteiger charge is -2.18. The van der Waals surface area contributed by atoms with Gasteiger partial charge in [-0.1, -0.05) is 12.1 Å². The van der Waals surface area contributed by atoms with Crippen LogP contribution in [0.2, 0.25) is 0 Å². The van der Waals surface area contributed by atoms with Crippen LogP contribution in [0.3, 0.4) is 0 Å². The number of hydrogen-bond acceptors (Lipinski definition) is 4. The monoisotopic (exact) mass is 286 g/mol. The summed E-state index contributed by atoms with van der Waals surface area (Å²) in [4.78, 5) is 14.0. The second-order valence-electron chi connectivity index (χ2n) is 4.66. The predicted octanol–water partition coefficient (Wildman–Crippen LogP) is 2.07. The number of phenolic OH excluding ortho intramolecular Hbond substituents is 1. The van der Waals surface area contributed by atoms with E-state index in [1.807, 2.05) is 24.1 Å². The van der Waals surface area contributed by atoms with Gasteiger partial charge in [0.15, 0.2) is 0 Å². The zero-order valence-electron chi connectivity index (χ0n) is 11.8. The Morgan fingerprint density at radius 3 is 2.43 bits per heavy atom. The smallest absolute Gasteiger partial charge is 0.259 e. The molecule has 21 heavy (non-hydrogen) atoms. The van der Waals surface area contributed by atoms with Crippen molar-refractivity contribution in [2.75, 3.05) is 30.4 Å². The van der Waals surface area contributed by atoms with Crippen molar-refractivity contribution in [3.05, 3.63) is 54.1 Å². The first-order valence-corrected chi connectivity index (χ1v) is 6.63. The van der Waals surface area contributed by atoms with Crippen molar-refractivity contribution in [2.24, 2.45) is 0 Å². The van der Waals surface area contributed by atoms with E-state index in [9.17, 15) is 9.90 Å². The minimum absolute atomic E-state index is 0.0469. The van der Waals surface area contributed by atoms with Crippen LogP contribution in [0.4, 0.5) is 11.4 Å². The number of hydrogen-bond donors (Lipinski definition) is 3. The van der Waals surface area contributed by atoms with Gasteiger partial charge < -0.3 is 20.4 Å². The Labute approximate surface area is 123 Å². The lowest BCUT2D eigenvalue weighted by atomic mass is 10.2. The van der Waals surface area contributed by atoms with Gasteiger partial charge in [-0.05, 0) is 36.4 Å². The molecule has 2 rings (SSSR count). The van der Waals surface area contributed by atoms with Crippen molar-refractivity contribution >= 4 is 17.3 Å². The summed E-state index contributed by atoms with van der Waals surface area (Å²) in [7, 11) is 1.88. The zero-order valence-corrected chi connectivity index (χ0v) is 11.8. The SMILES string of the molecule is CN(CCO)c1ccc(NC(=O)c2ccccc2O)cc1. The van der Waals surface area contributed by atoms with Crippen LogP contribution in [-0.4, -0.2) is 36.3 Å². The largest absolute Gasteiger partial charge is 0.507 e. The van der Waals surface area contributed by atoms with Gasteiger partial charge in [-0.15, -0.1) is 0 Å². The van der Waals surface area contributed by atoms with Gasteiger partial charge in [0.05, 0.1) is 12.2 Å². The molecule has 0 fully saturated rings. The molecule has 5 heteroatoms. The molecule has 3 N–H and O–H groups in total. The van der Waals surface area contributed by atoms with Crippen molar-refractivity contribution in [2.45, 2.75) is 0 Å². The van der Waals surface area contributed by atoms with Crippen molar-refractivity contribution < 1.29 is 15.0 Å². The highest BCUT2D eigenvalue weighted by Gasteiger charge is 2.10. The Kier molecular flexibility index (Phi) is 4.79. The predicted molar refractivity (Wildman–Crippen MR) is 82.9 cm³/mol. The summed E-state index contributed by atoms with van der Waals surface area (Å²) in [6.45, 7) is 0.631. The van der Waals surface area contributed by atoms with Crippen LogP contribution in [0.15, 0.2) is 48.5 Å². The highest BCUT2D eigenvalue weighted by atomic mass is 16.3. The second kappa shape index (κ2) is 6.76. The number of anilines is 2. The summed E-state index contributed by atoms with van der Waals surface area (Å²) in [6, 6.07) is 13.7. The van der Waals surface area contributed by atoms with E-state index >= 15 is 0 Å².